The largest absolute Gasteiger partial charge is 0.489 e. The smallest absolute Gasteiger partial charge is 0.156 e. The van der Waals surface area contributed by atoms with Gasteiger partial charge in [-0.3, -0.25) is 0 Å². The first kappa shape index (κ1) is 25.7. The molecule has 0 atom stereocenters. The molecule has 33 heavy (non-hydrogen) atoms. The van der Waals surface area contributed by atoms with Crippen molar-refractivity contribution >= 4 is 44.6 Å². The summed E-state index contributed by atoms with van der Waals surface area (Å²) >= 11 is 18.5. The first-order valence-electron chi connectivity index (χ1n) is 10.1. The van der Waals surface area contributed by atoms with E-state index in [4.69, 9.17) is 44.3 Å². The zero-order chi connectivity index (χ0) is 24.2. The van der Waals surface area contributed by atoms with E-state index in [1.54, 1.807) is 0 Å². The Hall–Kier alpha value is -1.93. The number of imidazole rings is 1. The van der Waals surface area contributed by atoms with Gasteiger partial charge in [-0.1, -0.05) is 49.2 Å². The minimum absolute atomic E-state index is 0.136. The van der Waals surface area contributed by atoms with E-state index in [9.17, 15) is 8.42 Å². The van der Waals surface area contributed by atoms with Gasteiger partial charge in [0, 0.05) is 11.7 Å². The third kappa shape index (κ3) is 6.57. The summed E-state index contributed by atoms with van der Waals surface area (Å²) in [6.45, 7) is 4.65. The van der Waals surface area contributed by atoms with Crippen LogP contribution in [0.5, 0.6) is 11.5 Å². The fraction of sp³-hybridized carbons (Fsp3) is 0.348. The van der Waals surface area contributed by atoms with Crippen LogP contribution in [0.15, 0.2) is 42.7 Å². The van der Waals surface area contributed by atoms with Gasteiger partial charge >= 0.3 is 0 Å². The Labute approximate surface area is 209 Å². The molecule has 0 spiro atoms. The van der Waals surface area contributed by atoms with Crippen molar-refractivity contribution in [1.82, 2.24) is 9.97 Å². The summed E-state index contributed by atoms with van der Waals surface area (Å²) in [6.07, 6.45) is 2.64. The summed E-state index contributed by atoms with van der Waals surface area (Å²) in [5.41, 5.74) is 2.68. The number of rotatable bonds is 10. The molecule has 0 bridgehead atoms. The number of aromatic amines is 1. The van der Waals surface area contributed by atoms with Crippen LogP contribution in [-0.4, -0.2) is 37.1 Å². The van der Waals surface area contributed by atoms with Crippen molar-refractivity contribution < 1.29 is 17.9 Å². The average molecular weight is 532 g/mol. The topological polar surface area (TPSA) is 81.3 Å². The zero-order valence-electron chi connectivity index (χ0n) is 18.5. The van der Waals surface area contributed by atoms with Gasteiger partial charge in [-0.25, -0.2) is 13.4 Å². The van der Waals surface area contributed by atoms with Crippen LogP contribution in [0.4, 0.5) is 0 Å². The minimum atomic E-state index is -3.19. The highest BCUT2D eigenvalue weighted by Gasteiger charge is 2.26. The van der Waals surface area contributed by atoms with Crippen LogP contribution < -0.4 is 9.47 Å². The first-order chi connectivity index (χ1) is 15.5. The number of halogens is 3. The van der Waals surface area contributed by atoms with E-state index in [1.807, 2.05) is 36.4 Å². The van der Waals surface area contributed by atoms with E-state index >= 15 is 0 Å². The minimum Gasteiger partial charge on any atom is -0.489 e. The molecule has 6 nitrogen and oxygen atoms in total. The molecule has 0 unspecified atom stereocenters. The van der Waals surface area contributed by atoms with Gasteiger partial charge in [0.1, 0.15) is 19.0 Å². The van der Waals surface area contributed by atoms with Crippen molar-refractivity contribution in [2.75, 3.05) is 18.7 Å². The number of H-pyrrole nitrogens is 1. The molecule has 0 saturated carbocycles. The molecule has 0 aliphatic carbocycles. The van der Waals surface area contributed by atoms with E-state index in [0.29, 0.717) is 45.4 Å². The fourth-order valence-electron chi connectivity index (χ4n) is 3.34. The quantitative estimate of drug-likeness (QED) is 0.335. The third-order valence-corrected chi connectivity index (χ3v) is 6.72. The number of hydrogen-bond donors (Lipinski definition) is 1. The van der Waals surface area contributed by atoms with E-state index in [1.165, 1.54) is 12.6 Å². The van der Waals surface area contributed by atoms with Crippen molar-refractivity contribution in [3.05, 3.63) is 75.3 Å². The Morgan fingerprint density at radius 3 is 2.24 bits per heavy atom. The van der Waals surface area contributed by atoms with Crippen LogP contribution >= 0.6 is 34.8 Å². The molecule has 10 heteroatoms. The summed E-state index contributed by atoms with van der Waals surface area (Å²) in [7, 11) is -3.19. The van der Waals surface area contributed by atoms with E-state index in [-0.39, 0.29) is 17.8 Å². The van der Waals surface area contributed by atoms with Gasteiger partial charge in [-0.05, 0) is 35.4 Å². The second-order valence-corrected chi connectivity index (χ2v) is 11.5. The number of hydrogen-bond acceptors (Lipinski definition) is 5. The Balaban J connectivity index is 1.74. The lowest BCUT2D eigenvalue weighted by Crippen LogP contribution is -2.19. The summed E-state index contributed by atoms with van der Waals surface area (Å²) in [5, 5.41) is 0.861. The maximum absolute atomic E-state index is 11.6. The number of nitrogens with zero attached hydrogens (tertiary/aromatic N) is 1. The van der Waals surface area contributed by atoms with Gasteiger partial charge in [0.25, 0.3) is 0 Å². The molecule has 1 heterocycles. The van der Waals surface area contributed by atoms with Gasteiger partial charge in [0.2, 0.25) is 0 Å². The molecule has 3 aromatic rings. The van der Waals surface area contributed by atoms with Crippen molar-refractivity contribution in [3.8, 4) is 11.5 Å². The summed E-state index contributed by atoms with van der Waals surface area (Å²) in [6, 6.07) is 11.4. The predicted molar refractivity (Wildman–Crippen MR) is 133 cm³/mol. The predicted octanol–water partition coefficient (Wildman–Crippen LogP) is 5.78. The first-order valence-corrected chi connectivity index (χ1v) is 13.5. The molecule has 1 aromatic heterocycles. The number of sulfone groups is 1. The standard InChI is InChI=1S/C23H25Cl3N2O4S/c1-23(2,16-10-18(25)22(19(26)11-16)31-9-8-24)15-4-6-17(7-5-15)32-12-20-21(28-14-27-20)13-33(3,29)30/h4-7,10-11,14H,8-9,12-13H2,1-3H3,(H,27,28). The lowest BCUT2D eigenvalue weighted by atomic mass is 9.78. The van der Waals surface area contributed by atoms with E-state index in [2.05, 4.69) is 23.8 Å². The van der Waals surface area contributed by atoms with Crippen molar-refractivity contribution in [2.45, 2.75) is 31.6 Å². The Morgan fingerprint density at radius 2 is 1.67 bits per heavy atom. The average Bonchev–Trinajstić information content (AvgIpc) is 3.17. The molecule has 0 fully saturated rings. The van der Waals surface area contributed by atoms with Gasteiger partial charge in [0.05, 0.1) is 39.4 Å². The number of alkyl halides is 1. The Kier molecular flexibility index (Phi) is 8.22. The molecule has 0 aliphatic rings. The van der Waals surface area contributed by atoms with Crippen LogP contribution in [0.1, 0.15) is 36.4 Å². The van der Waals surface area contributed by atoms with Crippen molar-refractivity contribution in [2.24, 2.45) is 0 Å². The van der Waals surface area contributed by atoms with Gasteiger partial charge < -0.3 is 14.5 Å². The third-order valence-electron chi connectivity index (χ3n) is 5.21. The lowest BCUT2D eigenvalue weighted by molar-refractivity contribution is 0.300. The molecular weight excluding hydrogens is 507 g/mol. The maximum atomic E-state index is 11.6. The van der Waals surface area contributed by atoms with Crippen LogP contribution in [0, 0.1) is 0 Å². The van der Waals surface area contributed by atoms with Crippen molar-refractivity contribution in [1.29, 1.82) is 0 Å². The molecule has 3 rings (SSSR count). The molecule has 0 saturated heterocycles. The molecule has 0 amide bonds. The molecule has 178 valence electrons. The van der Waals surface area contributed by atoms with Crippen LogP contribution in [-0.2, 0) is 27.6 Å². The second kappa shape index (κ2) is 10.6. The zero-order valence-corrected chi connectivity index (χ0v) is 21.6. The van der Waals surface area contributed by atoms with Gasteiger partial charge in [0.15, 0.2) is 15.6 Å². The normalized spacial score (nSPS) is 12.1. The lowest BCUT2D eigenvalue weighted by Gasteiger charge is -2.27. The van der Waals surface area contributed by atoms with Crippen LogP contribution in [0.25, 0.3) is 0 Å². The van der Waals surface area contributed by atoms with E-state index in [0.717, 1.165) is 11.1 Å². The monoisotopic (exact) mass is 530 g/mol. The summed E-state index contributed by atoms with van der Waals surface area (Å²) in [5.74, 6) is 1.28. The summed E-state index contributed by atoms with van der Waals surface area (Å²) < 4.78 is 34.5. The number of ether oxygens (including phenoxy) is 2. The highest BCUT2D eigenvalue weighted by Crippen LogP contribution is 2.40. The Bertz CT molecular complexity index is 1190. The number of aromatic nitrogens is 2. The highest BCUT2D eigenvalue weighted by molar-refractivity contribution is 7.89. The fourth-order valence-corrected chi connectivity index (χ4v) is 4.76. The number of nitrogens with one attached hydrogen (secondary N) is 1. The maximum Gasteiger partial charge on any atom is 0.156 e. The molecule has 0 radical (unpaired) electrons. The molecular formula is C23H25Cl3N2O4S. The van der Waals surface area contributed by atoms with Crippen LogP contribution in [0.2, 0.25) is 10.0 Å². The van der Waals surface area contributed by atoms with Gasteiger partial charge in [-0.2, -0.15) is 0 Å². The molecule has 0 aliphatic heterocycles. The van der Waals surface area contributed by atoms with Crippen LogP contribution in [0.3, 0.4) is 0 Å². The highest BCUT2D eigenvalue weighted by atomic mass is 35.5. The molecule has 1 N–H and O–H groups in total. The van der Waals surface area contributed by atoms with Gasteiger partial charge in [-0.15, -0.1) is 11.6 Å². The summed E-state index contributed by atoms with van der Waals surface area (Å²) in [4.78, 5) is 7.02. The van der Waals surface area contributed by atoms with E-state index < -0.39 is 9.84 Å². The van der Waals surface area contributed by atoms with Crippen molar-refractivity contribution in [3.63, 3.8) is 0 Å². The Morgan fingerprint density at radius 1 is 1.03 bits per heavy atom. The number of benzene rings is 2. The SMILES string of the molecule is CC(C)(c1ccc(OCc2[nH]cnc2CS(C)(=O)=O)cc1)c1cc(Cl)c(OCCCl)c(Cl)c1. The molecule has 2 aromatic carbocycles. The second-order valence-electron chi connectivity index (χ2n) is 8.14.